The molecule has 0 saturated carbocycles. The number of hydrogen-bond donors (Lipinski definition) is 0. The third-order valence-corrected chi connectivity index (χ3v) is 9.05. The first kappa shape index (κ1) is 56.5. The lowest BCUT2D eigenvalue weighted by atomic mass is 10.1. The third-order valence-electron chi connectivity index (χ3n) is 9.05. The number of quaternary nitrogens is 1. The minimum absolute atomic E-state index is 0.0107. The topological polar surface area (TPSA) is 102 Å². The number of carboxylic acids is 1. The number of rotatable bonds is 38. The van der Waals surface area contributed by atoms with Gasteiger partial charge < -0.3 is 28.6 Å². The van der Waals surface area contributed by atoms with Crippen LogP contribution in [-0.4, -0.2) is 75.5 Å². The van der Waals surface area contributed by atoms with Crippen LogP contribution in [0.2, 0.25) is 0 Å². The standard InChI is InChI=1S/C53H81NO7/c1-6-8-10-12-14-16-18-20-22-24-25-26-27-28-30-32-34-36-38-40-42-44-52(56)61-49(47-59-46-45-50(53(57)58)54(3,4)5)48-60-51(55)43-41-39-37-35-33-31-29-23-21-19-17-15-13-11-9-7-2/h8-11,14-17,20-23,25-26,28,30-31,33-34,36-37,39,49-50H,6-7,12-13,18-19,24,27,29,32,35,38,40-48H2,1-5H3/b10-8+,11-9+,16-14+,17-15+,22-20+,23-21+,26-25+,30-28+,33-31+,36-34+,39-37+. The molecule has 0 aromatic heterocycles. The van der Waals surface area contributed by atoms with Crippen molar-refractivity contribution in [3.8, 4) is 0 Å². The molecule has 0 heterocycles. The Kier molecular flexibility index (Phi) is 39.0. The Morgan fingerprint density at radius 1 is 0.492 bits per heavy atom. The highest BCUT2D eigenvalue weighted by molar-refractivity contribution is 5.70. The fraction of sp³-hybridized carbons (Fsp3) is 0.528. The van der Waals surface area contributed by atoms with Crippen molar-refractivity contribution < 1.29 is 38.2 Å². The highest BCUT2D eigenvalue weighted by atomic mass is 16.6. The van der Waals surface area contributed by atoms with E-state index in [-0.39, 0.29) is 55.5 Å². The molecule has 0 N–H and O–H groups in total. The molecule has 2 atom stereocenters. The fourth-order valence-electron chi connectivity index (χ4n) is 5.59. The van der Waals surface area contributed by atoms with Crippen LogP contribution < -0.4 is 5.11 Å². The third kappa shape index (κ3) is 40.6. The summed E-state index contributed by atoms with van der Waals surface area (Å²) in [5, 5.41) is 11.6. The Labute approximate surface area is 371 Å². The molecule has 0 radical (unpaired) electrons. The summed E-state index contributed by atoms with van der Waals surface area (Å²) in [5.41, 5.74) is 0. The lowest BCUT2D eigenvalue weighted by molar-refractivity contribution is -0.889. The second-order valence-electron chi connectivity index (χ2n) is 15.5. The quantitative estimate of drug-likeness (QED) is 0.0264. The van der Waals surface area contributed by atoms with Crippen LogP contribution in [0.5, 0.6) is 0 Å². The number of allylic oxidation sites excluding steroid dienone is 22. The van der Waals surface area contributed by atoms with Crippen molar-refractivity contribution in [1.29, 1.82) is 0 Å². The summed E-state index contributed by atoms with van der Waals surface area (Å²) in [6, 6.07) is -0.754. The Morgan fingerprint density at radius 2 is 0.885 bits per heavy atom. The fourth-order valence-corrected chi connectivity index (χ4v) is 5.59. The first-order chi connectivity index (χ1) is 29.6. The first-order valence-electron chi connectivity index (χ1n) is 22.7. The monoisotopic (exact) mass is 844 g/mol. The van der Waals surface area contributed by atoms with Crippen molar-refractivity contribution in [2.75, 3.05) is 41.0 Å². The van der Waals surface area contributed by atoms with E-state index < -0.39 is 18.1 Å². The summed E-state index contributed by atoms with van der Waals surface area (Å²) < 4.78 is 17.0. The van der Waals surface area contributed by atoms with Crippen molar-refractivity contribution in [1.82, 2.24) is 0 Å². The number of carboxylic acid groups (broad SMARTS) is 1. The molecule has 0 aromatic rings. The molecule has 0 saturated heterocycles. The smallest absolute Gasteiger partial charge is 0.306 e. The van der Waals surface area contributed by atoms with E-state index in [0.29, 0.717) is 12.8 Å². The highest BCUT2D eigenvalue weighted by Crippen LogP contribution is 2.10. The number of nitrogens with zero attached hydrogens (tertiary/aromatic N) is 1. The van der Waals surface area contributed by atoms with Gasteiger partial charge >= 0.3 is 11.9 Å². The number of carbonyl (C=O) groups is 3. The molecule has 0 bridgehead atoms. The summed E-state index contributed by atoms with van der Waals surface area (Å²) >= 11 is 0. The maximum Gasteiger partial charge on any atom is 0.306 e. The molecule has 0 aromatic carbocycles. The van der Waals surface area contributed by atoms with Crippen molar-refractivity contribution in [2.45, 2.75) is 142 Å². The van der Waals surface area contributed by atoms with Crippen LogP contribution in [0.15, 0.2) is 134 Å². The molecular weight excluding hydrogens is 763 g/mol. The predicted molar refractivity (Wildman–Crippen MR) is 253 cm³/mol. The van der Waals surface area contributed by atoms with Crippen LogP contribution >= 0.6 is 0 Å². The van der Waals surface area contributed by atoms with E-state index in [1.807, 2.05) is 12.2 Å². The number of aliphatic carboxylic acids is 1. The molecule has 0 aliphatic heterocycles. The normalized spacial score (nSPS) is 14.2. The lowest BCUT2D eigenvalue weighted by Gasteiger charge is -2.34. The summed E-state index contributed by atoms with van der Waals surface area (Å²) in [6.45, 7) is 4.27. The number of hydrogen-bond acceptors (Lipinski definition) is 7. The van der Waals surface area contributed by atoms with E-state index in [1.165, 1.54) is 0 Å². The average Bonchev–Trinajstić information content (AvgIpc) is 3.22. The molecule has 8 nitrogen and oxygen atoms in total. The lowest BCUT2D eigenvalue weighted by Crippen LogP contribution is -2.55. The Morgan fingerprint density at radius 3 is 1.28 bits per heavy atom. The van der Waals surface area contributed by atoms with Crippen LogP contribution in [0.25, 0.3) is 0 Å². The number of ether oxygens (including phenoxy) is 3. The number of likely N-dealkylation sites (N-methyl/N-ethyl adjacent to an activating group) is 1. The second kappa shape index (κ2) is 42.2. The van der Waals surface area contributed by atoms with Gasteiger partial charge in [0.25, 0.3) is 0 Å². The van der Waals surface area contributed by atoms with Crippen molar-refractivity contribution in [3.63, 3.8) is 0 Å². The van der Waals surface area contributed by atoms with Gasteiger partial charge in [-0.15, -0.1) is 0 Å². The zero-order valence-corrected chi connectivity index (χ0v) is 38.5. The first-order valence-corrected chi connectivity index (χ1v) is 22.7. The van der Waals surface area contributed by atoms with Crippen LogP contribution in [-0.2, 0) is 28.6 Å². The van der Waals surface area contributed by atoms with Gasteiger partial charge in [0.15, 0.2) is 6.10 Å². The van der Waals surface area contributed by atoms with Crippen LogP contribution in [0.1, 0.15) is 129 Å². The molecule has 0 aliphatic rings. The van der Waals surface area contributed by atoms with Gasteiger partial charge in [0.2, 0.25) is 0 Å². The van der Waals surface area contributed by atoms with Crippen LogP contribution in [0.3, 0.4) is 0 Å². The van der Waals surface area contributed by atoms with Gasteiger partial charge in [-0.05, 0) is 96.3 Å². The summed E-state index contributed by atoms with van der Waals surface area (Å²) in [7, 11) is 5.35. The van der Waals surface area contributed by atoms with Gasteiger partial charge in [0, 0.05) is 19.3 Å². The van der Waals surface area contributed by atoms with Gasteiger partial charge in [-0.2, -0.15) is 0 Å². The number of unbranched alkanes of at least 4 members (excludes halogenated alkanes) is 2. The van der Waals surface area contributed by atoms with Gasteiger partial charge in [-0.1, -0.05) is 148 Å². The minimum atomic E-state index is -1.15. The Balaban J connectivity index is 4.55. The van der Waals surface area contributed by atoms with E-state index in [2.05, 4.69) is 135 Å². The van der Waals surface area contributed by atoms with E-state index >= 15 is 0 Å². The van der Waals surface area contributed by atoms with E-state index in [4.69, 9.17) is 14.2 Å². The molecule has 2 unspecified atom stereocenters. The zero-order chi connectivity index (χ0) is 44.9. The zero-order valence-electron chi connectivity index (χ0n) is 38.5. The number of esters is 2. The maximum atomic E-state index is 12.7. The van der Waals surface area contributed by atoms with E-state index in [0.717, 1.165) is 83.5 Å². The van der Waals surface area contributed by atoms with Gasteiger partial charge in [-0.3, -0.25) is 9.59 Å². The maximum absolute atomic E-state index is 12.7. The molecule has 0 amide bonds. The summed E-state index contributed by atoms with van der Waals surface area (Å²) in [4.78, 5) is 36.9. The SMILES string of the molecule is CC/C=C/C/C=C/C/C=C/C/C=C/C/C=C/C/C=C/CCCCC(=O)OC(COCCC(C(=O)[O-])[N+](C)(C)C)COC(=O)CC/C=C/C/C=C/C/C=C/C/C=C/C/C=C/CC. The largest absolute Gasteiger partial charge is 0.544 e. The molecule has 0 fully saturated rings. The van der Waals surface area contributed by atoms with E-state index in [1.54, 1.807) is 21.1 Å². The molecule has 0 spiro atoms. The summed E-state index contributed by atoms with van der Waals surface area (Å²) in [6.07, 6.45) is 60.7. The van der Waals surface area contributed by atoms with Crippen molar-refractivity contribution in [2.24, 2.45) is 0 Å². The number of carbonyl (C=O) groups excluding carboxylic acids is 3. The predicted octanol–water partition coefficient (Wildman–Crippen LogP) is 11.5. The Hall–Kier alpha value is -4.53. The van der Waals surface area contributed by atoms with E-state index in [9.17, 15) is 19.5 Å². The molecular formula is C53H81NO7. The van der Waals surface area contributed by atoms with Gasteiger partial charge in [0.05, 0.1) is 40.3 Å². The highest BCUT2D eigenvalue weighted by Gasteiger charge is 2.25. The van der Waals surface area contributed by atoms with Crippen LogP contribution in [0.4, 0.5) is 0 Å². The van der Waals surface area contributed by atoms with Crippen LogP contribution in [0, 0.1) is 0 Å². The molecule has 0 aliphatic carbocycles. The minimum Gasteiger partial charge on any atom is -0.544 e. The van der Waals surface area contributed by atoms with Gasteiger partial charge in [0.1, 0.15) is 12.6 Å². The second-order valence-corrected chi connectivity index (χ2v) is 15.5. The van der Waals surface area contributed by atoms with Crippen molar-refractivity contribution in [3.05, 3.63) is 134 Å². The Bertz CT molecular complexity index is 1450. The molecule has 61 heavy (non-hydrogen) atoms. The van der Waals surface area contributed by atoms with Gasteiger partial charge in [-0.25, -0.2) is 0 Å². The molecule has 0 rings (SSSR count). The summed E-state index contributed by atoms with van der Waals surface area (Å²) in [5.74, 6) is -1.92. The molecule has 340 valence electrons. The molecule has 8 heteroatoms. The van der Waals surface area contributed by atoms with Crippen molar-refractivity contribution >= 4 is 17.9 Å². The average molecular weight is 844 g/mol.